The fraction of sp³-hybridized carbons (Fsp3) is 0. The molecule has 0 rings (SSSR count). The standard InChI is InChI=1S/Fe.Na.3H2O.H/h;;3*1H2;/q;+1;;;;-1. The third kappa shape index (κ3) is 31.9. The van der Waals surface area contributed by atoms with E-state index in [0.29, 0.717) is 0 Å². The van der Waals surface area contributed by atoms with Crippen LogP contribution in [0.25, 0.3) is 0 Å². The summed E-state index contributed by atoms with van der Waals surface area (Å²) in [5.41, 5.74) is 0. The van der Waals surface area contributed by atoms with E-state index in [1.165, 1.54) is 0 Å². The van der Waals surface area contributed by atoms with E-state index in [-0.39, 0.29) is 64.5 Å². The molecule has 0 heterocycles. The summed E-state index contributed by atoms with van der Waals surface area (Å²) in [6.07, 6.45) is 0. The summed E-state index contributed by atoms with van der Waals surface area (Å²) < 4.78 is 0. The van der Waals surface area contributed by atoms with E-state index >= 15 is 0 Å². The van der Waals surface area contributed by atoms with Crippen molar-refractivity contribution < 1.29 is 64.5 Å². The van der Waals surface area contributed by atoms with Gasteiger partial charge in [0.2, 0.25) is 0 Å². The molecule has 0 saturated carbocycles. The molecule has 0 saturated heterocycles. The second-order valence-corrected chi connectivity index (χ2v) is 0. The van der Waals surface area contributed by atoms with Gasteiger partial charge in [0, 0.05) is 17.1 Å². The van der Waals surface area contributed by atoms with Crippen molar-refractivity contribution in [3.63, 3.8) is 0 Å². The van der Waals surface area contributed by atoms with Gasteiger partial charge in [-0.3, -0.25) is 0 Å². The first-order chi connectivity index (χ1) is 0. The molecule has 0 aromatic heterocycles. The van der Waals surface area contributed by atoms with Gasteiger partial charge >= 0.3 is 29.6 Å². The summed E-state index contributed by atoms with van der Waals surface area (Å²) in [4.78, 5) is 0. The van der Waals surface area contributed by atoms with Gasteiger partial charge < -0.3 is 17.9 Å². The summed E-state index contributed by atoms with van der Waals surface area (Å²) in [6, 6.07) is 0. The van der Waals surface area contributed by atoms with Crippen molar-refractivity contribution >= 4 is 0 Å². The summed E-state index contributed by atoms with van der Waals surface area (Å²) >= 11 is 0. The quantitative estimate of drug-likeness (QED) is 0.295. The largest absolute Gasteiger partial charge is 1.00 e. The van der Waals surface area contributed by atoms with Crippen molar-refractivity contribution in [1.82, 2.24) is 0 Å². The molecule has 0 aliphatic heterocycles. The van der Waals surface area contributed by atoms with Crippen molar-refractivity contribution in [3.8, 4) is 0 Å². The van der Waals surface area contributed by atoms with Crippen molar-refractivity contribution in [3.05, 3.63) is 0 Å². The fourth-order valence-corrected chi connectivity index (χ4v) is 0. The number of hydrogen-bond donors (Lipinski definition) is 0. The molecule has 0 spiro atoms. The molecule has 0 radical (unpaired) electrons. The van der Waals surface area contributed by atoms with E-state index < -0.39 is 0 Å². The predicted molar refractivity (Wildman–Crippen MR) is 12.0 cm³/mol. The molecule has 5 heavy (non-hydrogen) atoms. The Balaban J connectivity index is 0. The average molecular weight is 134 g/mol. The van der Waals surface area contributed by atoms with Crippen molar-refractivity contribution in [2.24, 2.45) is 0 Å². The van der Waals surface area contributed by atoms with Crippen LogP contribution >= 0.6 is 0 Å². The Morgan fingerprint density at radius 2 is 0.800 bits per heavy atom. The molecular weight excluding hydrogens is 127 g/mol. The summed E-state index contributed by atoms with van der Waals surface area (Å²) in [6.45, 7) is 0. The van der Waals surface area contributed by atoms with Crippen LogP contribution in [-0.4, -0.2) is 16.4 Å². The fourth-order valence-electron chi connectivity index (χ4n) is 0. The molecule has 0 amide bonds. The minimum atomic E-state index is 0. The third-order valence-corrected chi connectivity index (χ3v) is 0. The van der Waals surface area contributed by atoms with Gasteiger partial charge in [0.25, 0.3) is 0 Å². The van der Waals surface area contributed by atoms with Gasteiger partial charge in [-0.05, 0) is 0 Å². The molecule has 0 aromatic rings. The number of hydrogen-bond acceptors (Lipinski definition) is 0. The van der Waals surface area contributed by atoms with Crippen LogP contribution in [0, 0.1) is 0 Å². The molecule has 0 aliphatic carbocycles. The average Bonchev–Trinajstić information content (AvgIpc) is 0. The van der Waals surface area contributed by atoms with Crippen LogP contribution in [0.2, 0.25) is 0 Å². The van der Waals surface area contributed by atoms with E-state index in [1.54, 1.807) is 0 Å². The van der Waals surface area contributed by atoms with E-state index in [2.05, 4.69) is 0 Å². The zero-order chi connectivity index (χ0) is 0. The Morgan fingerprint density at radius 3 is 0.800 bits per heavy atom. The minimum absolute atomic E-state index is 0. The van der Waals surface area contributed by atoms with Crippen LogP contribution in [0.15, 0.2) is 0 Å². The number of rotatable bonds is 0. The predicted octanol–water partition coefficient (Wildman–Crippen LogP) is -5.36. The Labute approximate surface area is 64.3 Å². The summed E-state index contributed by atoms with van der Waals surface area (Å²) in [5, 5.41) is 0. The smallest absolute Gasteiger partial charge is 1.00 e. The van der Waals surface area contributed by atoms with Crippen molar-refractivity contribution in [2.45, 2.75) is 0 Å². The van der Waals surface area contributed by atoms with Gasteiger partial charge in [-0.2, -0.15) is 0 Å². The molecule has 0 unspecified atom stereocenters. The first-order valence-electron chi connectivity index (χ1n) is 0. The third-order valence-electron chi connectivity index (χ3n) is 0. The maximum absolute atomic E-state index is 0. The molecule has 6 N–H and O–H groups in total. The Morgan fingerprint density at radius 1 is 0.800 bits per heavy atom. The second kappa shape index (κ2) is 53.4. The maximum atomic E-state index is 0. The summed E-state index contributed by atoms with van der Waals surface area (Å²) in [5.74, 6) is 0. The van der Waals surface area contributed by atoms with Crippen LogP contribution in [0.4, 0.5) is 0 Å². The monoisotopic (exact) mass is 134 g/mol. The SMILES string of the molecule is O.O.O.[Fe].[H-].[Na+]. The molecule has 0 aromatic carbocycles. The molecule has 0 bridgehead atoms. The second-order valence-electron chi connectivity index (χ2n) is 0. The first-order valence-corrected chi connectivity index (χ1v) is 0. The molecule has 0 aliphatic rings. The molecule has 3 nitrogen and oxygen atoms in total. The topological polar surface area (TPSA) is 94.5 Å². The molecule has 34 valence electrons. The minimum Gasteiger partial charge on any atom is -1.00 e. The Hall–Kier alpha value is 1.40. The van der Waals surface area contributed by atoms with Crippen molar-refractivity contribution in [2.75, 3.05) is 0 Å². The Bertz CT molecular complexity index is 10.8. The van der Waals surface area contributed by atoms with Gasteiger partial charge in [-0.15, -0.1) is 0 Å². The molecule has 0 atom stereocenters. The zero-order valence-corrected chi connectivity index (χ0v) is 5.96. The normalized spacial score (nSPS) is 0. The van der Waals surface area contributed by atoms with Crippen LogP contribution in [0.1, 0.15) is 1.43 Å². The van der Waals surface area contributed by atoms with Crippen LogP contribution in [0.3, 0.4) is 0 Å². The van der Waals surface area contributed by atoms with Crippen LogP contribution in [-0.2, 0) is 17.1 Å². The summed E-state index contributed by atoms with van der Waals surface area (Å²) in [7, 11) is 0. The maximum Gasteiger partial charge on any atom is 1.00 e. The van der Waals surface area contributed by atoms with E-state index in [0.717, 1.165) is 0 Å². The van der Waals surface area contributed by atoms with Gasteiger partial charge in [-0.1, -0.05) is 0 Å². The van der Waals surface area contributed by atoms with E-state index in [1.807, 2.05) is 0 Å². The van der Waals surface area contributed by atoms with Crippen LogP contribution < -0.4 is 29.6 Å². The molecule has 0 fully saturated rings. The van der Waals surface area contributed by atoms with Crippen LogP contribution in [0.5, 0.6) is 0 Å². The van der Waals surface area contributed by atoms with Gasteiger partial charge in [0.1, 0.15) is 0 Å². The Kier molecular flexibility index (Phi) is 1020. The molecule has 5 heteroatoms. The van der Waals surface area contributed by atoms with E-state index in [9.17, 15) is 0 Å². The van der Waals surface area contributed by atoms with E-state index in [4.69, 9.17) is 0 Å². The molecular formula is H7FeNaO3. The van der Waals surface area contributed by atoms with Gasteiger partial charge in [0.05, 0.1) is 0 Å². The van der Waals surface area contributed by atoms with Gasteiger partial charge in [0.15, 0.2) is 0 Å². The van der Waals surface area contributed by atoms with Crippen molar-refractivity contribution in [1.29, 1.82) is 0 Å². The zero-order valence-electron chi connectivity index (χ0n) is 3.85. The first kappa shape index (κ1) is 95.3. The van der Waals surface area contributed by atoms with Gasteiger partial charge in [-0.25, -0.2) is 0 Å².